The van der Waals surface area contributed by atoms with Crippen LogP contribution >= 0.6 is 0 Å². The summed E-state index contributed by atoms with van der Waals surface area (Å²) in [6.07, 6.45) is 2.92. The van der Waals surface area contributed by atoms with Gasteiger partial charge in [0.05, 0.1) is 6.20 Å². The van der Waals surface area contributed by atoms with Gasteiger partial charge >= 0.3 is 0 Å². The van der Waals surface area contributed by atoms with Crippen molar-refractivity contribution in [3.8, 4) is 0 Å². The highest BCUT2D eigenvalue weighted by Gasteiger charge is 1.78. The molecule has 1 aromatic heterocycles. The molecule has 0 aliphatic carbocycles. The molecule has 0 atom stereocenters. The molecule has 46 valence electrons. The molecule has 3 nitrogen and oxygen atoms in total. The molecule has 0 unspecified atom stereocenters. The Morgan fingerprint density at radius 3 is 2.38 bits per heavy atom. The van der Waals surface area contributed by atoms with Crippen molar-refractivity contribution in [3.05, 3.63) is 12.5 Å². The Kier molecular flexibility index (Phi) is 3.66. The van der Waals surface area contributed by atoms with Gasteiger partial charge in [0.15, 0.2) is 0 Å². The summed E-state index contributed by atoms with van der Waals surface area (Å²) >= 11 is 0. The molecule has 8 heavy (non-hydrogen) atoms. The minimum atomic E-state index is 0.218. The predicted octanol–water partition coefficient (Wildman–Crippen LogP) is 1.28. The van der Waals surface area contributed by atoms with Gasteiger partial charge in [0, 0.05) is 0 Å². The Morgan fingerprint density at radius 1 is 1.62 bits per heavy atom. The molecule has 0 saturated carbocycles. The lowest BCUT2D eigenvalue weighted by molar-refractivity contribution is 0.580. The van der Waals surface area contributed by atoms with Gasteiger partial charge in [0.1, 0.15) is 6.26 Å². The molecular weight excluding hydrogens is 104 g/mol. The number of anilines is 1. The van der Waals surface area contributed by atoms with Crippen LogP contribution in [-0.2, 0) is 0 Å². The second-order valence-electron chi connectivity index (χ2n) is 0.870. The Balaban J connectivity index is 0.000000222. The zero-order chi connectivity index (χ0) is 6.41. The summed E-state index contributed by atoms with van der Waals surface area (Å²) < 4.78 is 4.50. The van der Waals surface area contributed by atoms with Gasteiger partial charge < -0.3 is 10.2 Å². The number of hydrogen-bond donors (Lipinski definition) is 1. The van der Waals surface area contributed by atoms with Gasteiger partial charge in [-0.1, -0.05) is 13.8 Å². The third kappa shape index (κ3) is 2.23. The first-order valence-corrected chi connectivity index (χ1v) is 2.54. The molecule has 0 radical (unpaired) electrons. The van der Waals surface area contributed by atoms with Crippen LogP contribution in [0.2, 0.25) is 0 Å². The van der Waals surface area contributed by atoms with Crippen molar-refractivity contribution in [2.24, 2.45) is 0 Å². The fraction of sp³-hybridized carbons (Fsp3) is 0.400. The van der Waals surface area contributed by atoms with E-state index in [0.29, 0.717) is 0 Å². The smallest absolute Gasteiger partial charge is 0.291 e. The van der Waals surface area contributed by atoms with Gasteiger partial charge in [-0.15, -0.1) is 0 Å². The second-order valence-corrected chi connectivity index (χ2v) is 0.870. The number of oxazole rings is 1. The third-order valence-electron chi connectivity index (χ3n) is 0.451. The zero-order valence-electron chi connectivity index (χ0n) is 5.09. The zero-order valence-corrected chi connectivity index (χ0v) is 5.09. The Hall–Kier alpha value is -0.990. The summed E-state index contributed by atoms with van der Waals surface area (Å²) in [5.41, 5.74) is 5.00. The molecule has 2 N–H and O–H groups in total. The van der Waals surface area contributed by atoms with Gasteiger partial charge in [0.25, 0.3) is 6.01 Å². The van der Waals surface area contributed by atoms with Crippen LogP contribution < -0.4 is 5.73 Å². The number of nitrogen functional groups attached to an aromatic ring is 1. The quantitative estimate of drug-likeness (QED) is 0.552. The lowest BCUT2D eigenvalue weighted by Gasteiger charge is -1.68. The number of aromatic nitrogens is 1. The Labute approximate surface area is 48.5 Å². The van der Waals surface area contributed by atoms with Crippen LogP contribution in [0, 0.1) is 0 Å². The molecule has 0 aromatic carbocycles. The lowest BCUT2D eigenvalue weighted by atomic mass is 11.0. The van der Waals surface area contributed by atoms with E-state index in [1.165, 1.54) is 12.5 Å². The van der Waals surface area contributed by atoms with Crippen LogP contribution in [0.3, 0.4) is 0 Å². The van der Waals surface area contributed by atoms with Crippen LogP contribution in [0.1, 0.15) is 13.8 Å². The molecule has 1 aromatic rings. The fourth-order valence-electron chi connectivity index (χ4n) is 0.234. The van der Waals surface area contributed by atoms with E-state index >= 15 is 0 Å². The Bertz CT molecular complexity index is 114. The lowest BCUT2D eigenvalue weighted by Crippen LogP contribution is -1.79. The normalized spacial score (nSPS) is 7.25. The SMILES string of the molecule is CC.Nc1ncco1. The van der Waals surface area contributed by atoms with Crippen molar-refractivity contribution >= 4 is 6.01 Å². The predicted molar refractivity (Wildman–Crippen MR) is 32.3 cm³/mol. The average molecular weight is 114 g/mol. The second kappa shape index (κ2) is 4.18. The van der Waals surface area contributed by atoms with Crippen molar-refractivity contribution in [2.75, 3.05) is 5.73 Å². The van der Waals surface area contributed by atoms with E-state index in [2.05, 4.69) is 9.40 Å². The molecule has 1 heterocycles. The molecule has 1 rings (SSSR count). The topological polar surface area (TPSA) is 52.0 Å². The first kappa shape index (κ1) is 7.01. The molecule has 0 spiro atoms. The number of rotatable bonds is 0. The van der Waals surface area contributed by atoms with E-state index < -0.39 is 0 Å². The molecule has 0 aliphatic rings. The fourth-order valence-corrected chi connectivity index (χ4v) is 0.234. The highest BCUT2D eigenvalue weighted by atomic mass is 16.3. The molecule has 3 heteroatoms. The largest absolute Gasteiger partial charge is 0.432 e. The maximum atomic E-state index is 5.00. The van der Waals surface area contributed by atoms with Crippen molar-refractivity contribution < 1.29 is 4.42 Å². The monoisotopic (exact) mass is 114 g/mol. The van der Waals surface area contributed by atoms with Gasteiger partial charge in [0.2, 0.25) is 0 Å². The van der Waals surface area contributed by atoms with Crippen molar-refractivity contribution in [1.82, 2.24) is 4.98 Å². The van der Waals surface area contributed by atoms with E-state index in [1.807, 2.05) is 13.8 Å². The molecule has 0 aliphatic heterocycles. The summed E-state index contributed by atoms with van der Waals surface area (Å²) in [6.45, 7) is 4.00. The molecule has 0 bridgehead atoms. The summed E-state index contributed by atoms with van der Waals surface area (Å²) in [5.74, 6) is 0. The van der Waals surface area contributed by atoms with Crippen molar-refractivity contribution in [2.45, 2.75) is 13.8 Å². The maximum Gasteiger partial charge on any atom is 0.291 e. The van der Waals surface area contributed by atoms with Gasteiger partial charge in [-0.2, -0.15) is 0 Å². The Morgan fingerprint density at radius 2 is 2.25 bits per heavy atom. The first-order chi connectivity index (χ1) is 3.89. The van der Waals surface area contributed by atoms with Crippen LogP contribution in [0.4, 0.5) is 6.01 Å². The van der Waals surface area contributed by atoms with Crippen LogP contribution in [-0.4, -0.2) is 4.98 Å². The van der Waals surface area contributed by atoms with E-state index in [1.54, 1.807) is 0 Å². The molecular formula is C5H10N2O. The third-order valence-corrected chi connectivity index (χ3v) is 0.451. The van der Waals surface area contributed by atoms with Gasteiger partial charge in [-0.05, 0) is 0 Å². The standard InChI is InChI=1S/C3H4N2O.C2H6/c4-3-5-1-2-6-3;1-2/h1-2H,(H2,4,5);1-2H3. The van der Waals surface area contributed by atoms with Gasteiger partial charge in [-0.3, -0.25) is 0 Å². The molecule has 0 fully saturated rings. The maximum absolute atomic E-state index is 5.00. The van der Waals surface area contributed by atoms with Crippen molar-refractivity contribution in [1.29, 1.82) is 0 Å². The van der Waals surface area contributed by atoms with Crippen molar-refractivity contribution in [3.63, 3.8) is 0 Å². The van der Waals surface area contributed by atoms with Crippen LogP contribution in [0.5, 0.6) is 0 Å². The minimum absolute atomic E-state index is 0.218. The summed E-state index contributed by atoms with van der Waals surface area (Å²) in [5, 5.41) is 0. The number of nitrogens with two attached hydrogens (primary N) is 1. The van der Waals surface area contributed by atoms with E-state index in [9.17, 15) is 0 Å². The summed E-state index contributed by atoms with van der Waals surface area (Å²) in [6, 6.07) is 0.218. The highest BCUT2D eigenvalue weighted by molar-refractivity contribution is 5.04. The highest BCUT2D eigenvalue weighted by Crippen LogP contribution is 1.90. The average Bonchev–Trinajstić information content (AvgIpc) is 2.24. The van der Waals surface area contributed by atoms with Crippen LogP contribution in [0.25, 0.3) is 0 Å². The molecule has 0 saturated heterocycles. The van der Waals surface area contributed by atoms with E-state index in [4.69, 9.17) is 5.73 Å². The summed E-state index contributed by atoms with van der Waals surface area (Å²) in [4.78, 5) is 3.53. The minimum Gasteiger partial charge on any atom is -0.432 e. The number of nitrogens with zero attached hydrogens (tertiary/aromatic N) is 1. The van der Waals surface area contributed by atoms with E-state index in [0.717, 1.165) is 0 Å². The first-order valence-electron chi connectivity index (χ1n) is 2.54. The van der Waals surface area contributed by atoms with Gasteiger partial charge in [-0.25, -0.2) is 4.98 Å². The number of hydrogen-bond acceptors (Lipinski definition) is 3. The molecule has 0 amide bonds. The van der Waals surface area contributed by atoms with Crippen LogP contribution in [0.15, 0.2) is 16.9 Å². The van der Waals surface area contributed by atoms with E-state index in [-0.39, 0.29) is 6.01 Å². The summed E-state index contributed by atoms with van der Waals surface area (Å²) in [7, 11) is 0.